The van der Waals surface area contributed by atoms with Gasteiger partial charge in [-0.05, 0) is 58.6 Å². The molecule has 1 atom stereocenters. The highest BCUT2D eigenvalue weighted by Crippen LogP contribution is 2.18. The maximum atomic E-state index is 4.25. The van der Waals surface area contributed by atoms with Gasteiger partial charge in [0.2, 0.25) is 0 Å². The van der Waals surface area contributed by atoms with E-state index in [0.717, 1.165) is 11.8 Å². The third kappa shape index (κ3) is 5.23. The van der Waals surface area contributed by atoms with E-state index in [0.29, 0.717) is 0 Å². The summed E-state index contributed by atoms with van der Waals surface area (Å²) < 4.78 is 0. The Morgan fingerprint density at radius 2 is 2.07 bits per heavy atom. The van der Waals surface area contributed by atoms with Gasteiger partial charge >= 0.3 is 0 Å². The SMILES string of the molecule is CN(C)CC1CCCN1CCCCCS. The van der Waals surface area contributed by atoms with Gasteiger partial charge in [-0.2, -0.15) is 12.6 Å². The van der Waals surface area contributed by atoms with Crippen LogP contribution < -0.4 is 0 Å². The minimum Gasteiger partial charge on any atom is -0.308 e. The molecule has 3 heteroatoms. The maximum Gasteiger partial charge on any atom is 0.0223 e. The van der Waals surface area contributed by atoms with Gasteiger partial charge in [-0.1, -0.05) is 6.42 Å². The molecule has 1 rings (SSSR count). The molecule has 0 amide bonds. The fourth-order valence-electron chi connectivity index (χ4n) is 2.42. The number of rotatable bonds is 7. The van der Waals surface area contributed by atoms with E-state index in [1.807, 2.05) is 0 Å². The zero-order chi connectivity index (χ0) is 11.1. The summed E-state index contributed by atoms with van der Waals surface area (Å²) >= 11 is 4.25. The van der Waals surface area contributed by atoms with E-state index in [2.05, 4.69) is 36.5 Å². The Bertz CT molecular complexity index is 162. The van der Waals surface area contributed by atoms with Crippen molar-refractivity contribution >= 4 is 12.6 Å². The predicted molar refractivity (Wildman–Crippen MR) is 70.9 cm³/mol. The maximum absolute atomic E-state index is 4.25. The van der Waals surface area contributed by atoms with Gasteiger partial charge in [0, 0.05) is 12.6 Å². The predicted octanol–water partition coefficient (Wildman–Crippen LogP) is 2.11. The van der Waals surface area contributed by atoms with Crippen LogP contribution >= 0.6 is 12.6 Å². The van der Waals surface area contributed by atoms with Crippen LogP contribution in [0, 0.1) is 0 Å². The average Bonchev–Trinajstić information content (AvgIpc) is 2.59. The van der Waals surface area contributed by atoms with E-state index >= 15 is 0 Å². The van der Waals surface area contributed by atoms with Crippen molar-refractivity contribution in [3.63, 3.8) is 0 Å². The van der Waals surface area contributed by atoms with Crippen LogP contribution in [0.4, 0.5) is 0 Å². The number of nitrogens with zero attached hydrogens (tertiary/aromatic N) is 2. The summed E-state index contributed by atoms with van der Waals surface area (Å²) in [5, 5.41) is 0. The van der Waals surface area contributed by atoms with Gasteiger partial charge in [-0.25, -0.2) is 0 Å². The molecule has 15 heavy (non-hydrogen) atoms. The standard InChI is InChI=1S/C12H26N2S/c1-13(2)11-12-7-6-9-14(12)8-4-3-5-10-15/h12,15H,3-11H2,1-2H3. The summed E-state index contributed by atoms with van der Waals surface area (Å²) in [7, 11) is 4.36. The minimum absolute atomic E-state index is 0.816. The zero-order valence-corrected chi connectivity index (χ0v) is 11.2. The quantitative estimate of drug-likeness (QED) is 0.529. The zero-order valence-electron chi connectivity index (χ0n) is 10.3. The van der Waals surface area contributed by atoms with Crippen molar-refractivity contribution in [1.29, 1.82) is 0 Å². The molecule has 0 aromatic heterocycles. The molecule has 0 saturated carbocycles. The first-order valence-electron chi connectivity index (χ1n) is 6.23. The molecule has 0 aromatic rings. The lowest BCUT2D eigenvalue weighted by molar-refractivity contribution is 0.205. The van der Waals surface area contributed by atoms with Crippen LogP contribution in [0.1, 0.15) is 32.1 Å². The van der Waals surface area contributed by atoms with Crippen LogP contribution in [-0.2, 0) is 0 Å². The Balaban J connectivity index is 2.15. The molecule has 1 fully saturated rings. The minimum atomic E-state index is 0.816. The largest absolute Gasteiger partial charge is 0.308 e. The molecular weight excluding hydrogens is 204 g/mol. The van der Waals surface area contributed by atoms with Crippen LogP contribution in [0.3, 0.4) is 0 Å². The summed E-state index contributed by atoms with van der Waals surface area (Å²) in [5.74, 6) is 1.04. The van der Waals surface area contributed by atoms with Crippen LogP contribution in [0.2, 0.25) is 0 Å². The first-order chi connectivity index (χ1) is 7.24. The Kier molecular flexibility index (Phi) is 6.69. The topological polar surface area (TPSA) is 6.48 Å². The highest BCUT2D eigenvalue weighted by molar-refractivity contribution is 7.80. The molecule has 1 unspecified atom stereocenters. The highest BCUT2D eigenvalue weighted by Gasteiger charge is 2.23. The third-order valence-electron chi connectivity index (χ3n) is 3.18. The fourth-order valence-corrected chi connectivity index (χ4v) is 2.64. The van der Waals surface area contributed by atoms with Gasteiger partial charge in [-0.15, -0.1) is 0 Å². The lowest BCUT2D eigenvalue weighted by atomic mass is 10.2. The number of likely N-dealkylation sites (tertiary alicyclic amines) is 1. The van der Waals surface area contributed by atoms with Crippen molar-refractivity contribution in [2.75, 3.05) is 39.5 Å². The number of thiol groups is 1. The van der Waals surface area contributed by atoms with Gasteiger partial charge in [0.1, 0.15) is 0 Å². The van der Waals surface area contributed by atoms with Crippen molar-refractivity contribution < 1.29 is 0 Å². The van der Waals surface area contributed by atoms with E-state index in [9.17, 15) is 0 Å². The summed E-state index contributed by atoms with van der Waals surface area (Å²) in [4.78, 5) is 5.00. The van der Waals surface area contributed by atoms with E-state index in [4.69, 9.17) is 0 Å². The number of hydrogen-bond donors (Lipinski definition) is 1. The lowest BCUT2D eigenvalue weighted by Crippen LogP contribution is -2.38. The highest BCUT2D eigenvalue weighted by atomic mass is 32.1. The van der Waals surface area contributed by atoms with Crippen molar-refractivity contribution in [2.45, 2.75) is 38.1 Å². The molecular formula is C12H26N2S. The molecule has 0 aliphatic carbocycles. The molecule has 1 aliphatic rings. The number of unbranched alkanes of at least 4 members (excludes halogenated alkanes) is 2. The molecule has 0 spiro atoms. The normalized spacial score (nSPS) is 22.8. The Labute approximate surface area is 100 Å². The molecule has 0 aromatic carbocycles. The van der Waals surface area contributed by atoms with Crippen molar-refractivity contribution in [1.82, 2.24) is 9.80 Å². The van der Waals surface area contributed by atoms with Crippen LogP contribution in [-0.4, -0.2) is 55.3 Å². The van der Waals surface area contributed by atoms with Crippen LogP contribution in [0.5, 0.6) is 0 Å². The molecule has 1 saturated heterocycles. The molecule has 1 aliphatic heterocycles. The second kappa shape index (κ2) is 7.53. The summed E-state index contributed by atoms with van der Waals surface area (Å²) in [5.41, 5.74) is 0. The molecule has 90 valence electrons. The van der Waals surface area contributed by atoms with Crippen LogP contribution in [0.15, 0.2) is 0 Å². The monoisotopic (exact) mass is 230 g/mol. The second-order valence-electron chi connectivity index (χ2n) is 4.88. The van der Waals surface area contributed by atoms with E-state index < -0.39 is 0 Å². The Hall–Kier alpha value is 0.270. The van der Waals surface area contributed by atoms with E-state index in [1.165, 1.54) is 51.7 Å². The number of hydrogen-bond acceptors (Lipinski definition) is 3. The summed E-state index contributed by atoms with van der Waals surface area (Å²) in [6.45, 7) is 3.85. The molecule has 2 nitrogen and oxygen atoms in total. The van der Waals surface area contributed by atoms with Crippen molar-refractivity contribution in [3.8, 4) is 0 Å². The van der Waals surface area contributed by atoms with Gasteiger partial charge in [-0.3, -0.25) is 4.90 Å². The second-order valence-corrected chi connectivity index (χ2v) is 5.33. The first-order valence-corrected chi connectivity index (χ1v) is 6.87. The van der Waals surface area contributed by atoms with Gasteiger partial charge in [0.05, 0.1) is 0 Å². The average molecular weight is 230 g/mol. The van der Waals surface area contributed by atoms with Crippen molar-refractivity contribution in [3.05, 3.63) is 0 Å². The lowest BCUT2D eigenvalue weighted by Gasteiger charge is -2.26. The third-order valence-corrected chi connectivity index (χ3v) is 3.49. The van der Waals surface area contributed by atoms with E-state index in [-0.39, 0.29) is 0 Å². The first kappa shape index (κ1) is 13.3. The molecule has 1 heterocycles. The van der Waals surface area contributed by atoms with Gasteiger partial charge < -0.3 is 4.90 Å². The van der Waals surface area contributed by atoms with Crippen LogP contribution in [0.25, 0.3) is 0 Å². The summed E-state index contributed by atoms with van der Waals surface area (Å²) in [6, 6.07) is 0.816. The Morgan fingerprint density at radius 3 is 2.73 bits per heavy atom. The smallest absolute Gasteiger partial charge is 0.0223 e. The molecule has 0 radical (unpaired) electrons. The van der Waals surface area contributed by atoms with Gasteiger partial charge in [0.25, 0.3) is 0 Å². The molecule has 0 N–H and O–H groups in total. The Morgan fingerprint density at radius 1 is 1.27 bits per heavy atom. The van der Waals surface area contributed by atoms with Gasteiger partial charge in [0.15, 0.2) is 0 Å². The fraction of sp³-hybridized carbons (Fsp3) is 1.00. The van der Waals surface area contributed by atoms with Crippen molar-refractivity contribution in [2.24, 2.45) is 0 Å². The summed E-state index contributed by atoms with van der Waals surface area (Å²) in [6.07, 6.45) is 6.75. The number of likely N-dealkylation sites (N-methyl/N-ethyl adjacent to an activating group) is 1. The van der Waals surface area contributed by atoms with E-state index in [1.54, 1.807) is 0 Å². The molecule has 0 bridgehead atoms.